The van der Waals surface area contributed by atoms with Gasteiger partial charge in [0.05, 0.1) is 6.04 Å². The summed E-state index contributed by atoms with van der Waals surface area (Å²) in [6.07, 6.45) is 0.859. The van der Waals surface area contributed by atoms with Crippen molar-refractivity contribution in [1.29, 1.82) is 0 Å². The van der Waals surface area contributed by atoms with Gasteiger partial charge >= 0.3 is 0 Å². The Morgan fingerprint density at radius 1 is 1.50 bits per heavy atom. The van der Waals surface area contributed by atoms with Gasteiger partial charge in [-0.3, -0.25) is 9.59 Å². The van der Waals surface area contributed by atoms with Gasteiger partial charge in [-0.25, -0.2) is 4.79 Å². The van der Waals surface area contributed by atoms with Crippen LogP contribution >= 0.6 is 0 Å². The van der Waals surface area contributed by atoms with Gasteiger partial charge < -0.3 is 16.4 Å². The normalized spacial score (nSPS) is 21.0. The number of nitrogens with zero attached hydrogens (tertiary/aromatic N) is 1. The molecule has 0 bridgehead atoms. The molecule has 1 rings (SSSR count). The van der Waals surface area contributed by atoms with Crippen molar-refractivity contribution >= 4 is 17.8 Å². The zero-order valence-electron chi connectivity index (χ0n) is 10.7. The van der Waals surface area contributed by atoms with Crippen LogP contribution in [-0.4, -0.2) is 41.3 Å². The summed E-state index contributed by atoms with van der Waals surface area (Å²) in [5, 5.41) is 0. The van der Waals surface area contributed by atoms with E-state index in [-0.39, 0.29) is 17.4 Å². The van der Waals surface area contributed by atoms with Crippen LogP contribution in [0, 0.1) is 5.92 Å². The van der Waals surface area contributed by atoms with Crippen LogP contribution in [0.25, 0.3) is 0 Å². The Balaban J connectivity index is 2.85. The molecule has 0 aromatic rings. The summed E-state index contributed by atoms with van der Waals surface area (Å²) in [5.74, 6) is 0.921. The van der Waals surface area contributed by atoms with Gasteiger partial charge in [-0.1, -0.05) is 13.8 Å². The summed E-state index contributed by atoms with van der Waals surface area (Å²) < 4.78 is 0. The highest BCUT2D eigenvalue weighted by Gasteiger charge is 2.39. The molecule has 6 nitrogen and oxygen atoms in total. The minimum Gasteiger partial charge on any atom is -0.368 e. The zero-order chi connectivity index (χ0) is 13.9. The summed E-state index contributed by atoms with van der Waals surface area (Å²) in [6.45, 7) is 4.21. The van der Waals surface area contributed by atoms with E-state index >= 15 is 0 Å². The van der Waals surface area contributed by atoms with Crippen molar-refractivity contribution in [3.05, 3.63) is 5.57 Å². The number of rotatable bonds is 4. The number of likely N-dealkylation sites (tertiary alicyclic amines) is 1. The van der Waals surface area contributed by atoms with Gasteiger partial charge in [0, 0.05) is 12.1 Å². The molecule has 2 amide bonds. The fourth-order valence-electron chi connectivity index (χ4n) is 2.19. The molecule has 2 atom stereocenters. The lowest BCUT2D eigenvalue weighted by Crippen LogP contribution is -2.50. The average molecular weight is 253 g/mol. The Hall–Kier alpha value is -1.65. The van der Waals surface area contributed by atoms with E-state index in [0.29, 0.717) is 19.4 Å². The Morgan fingerprint density at radius 2 is 2.11 bits per heavy atom. The molecule has 6 heteroatoms. The Morgan fingerprint density at radius 3 is 2.56 bits per heavy atom. The maximum absolute atomic E-state index is 12.1. The van der Waals surface area contributed by atoms with Crippen LogP contribution in [0.2, 0.25) is 0 Å². The average Bonchev–Trinajstić information content (AvgIpc) is 2.70. The molecule has 0 aromatic heterocycles. The predicted octanol–water partition coefficient (Wildman–Crippen LogP) is -0.796. The van der Waals surface area contributed by atoms with E-state index in [1.807, 2.05) is 13.8 Å². The molecule has 1 aliphatic heterocycles. The van der Waals surface area contributed by atoms with Crippen molar-refractivity contribution in [1.82, 2.24) is 4.90 Å². The molecule has 0 spiro atoms. The van der Waals surface area contributed by atoms with Crippen molar-refractivity contribution in [2.75, 3.05) is 6.54 Å². The standard InChI is InChI=1S/C12H19N3O3/c1-7(2)5-9(13)12(18)15-4-3-8(6-16)10(15)11(14)17/h7,9-10H,3-5,13H2,1-2H3,(H2,14,17)/t9-,10-/m0/s1. The first kappa shape index (κ1) is 14.4. The minimum absolute atomic E-state index is 0.229. The SMILES string of the molecule is CC(C)C[C@H](N)C(=O)N1CCC(=C=O)[C@H]1C(N)=O. The van der Waals surface area contributed by atoms with Gasteiger partial charge in [0.1, 0.15) is 12.0 Å². The number of amides is 2. The van der Waals surface area contributed by atoms with Gasteiger partial charge in [0.15, 0.2) is 0 Å². The van der Waals surface area contributed by atoms with Crippen LogP contribution in [0.15, 0.2) is 5.57 Å². The lowest BCUT2D eigenvalue weighted by molar-refractivity contribution is -0.137. The van der Waals surface area contributed by atoms with Crippen molar-refractivity contribution in [2.45, 2.75) is 38.8 Å². The molecule has 0 unspecified atom stereocenters. The maximum Gasteiger partial charge on any atom is 0.245 e. The zero-order valence-corrected chi connectivity index (χ0v) is 10.7. The Bertz CT molecular complexity index is 399. The lowest BCUT2D eigenvalue weighted by Gasteiger charge is -2.25. The summed E-state index contributed by atoms with van der Waals surface area (Å²) in [5.41, 5.74) is 11.2. The molecule has 4 N–H and O–H groups in total. The molecule has 0 radical (unpaired) electrons. The quantitative estimate of drug-likeness (QED) is 0.640. The molecule has 100 valence electrons. The Kier molecular flexibility index (Phi) is 4.64. The van der Waals surface area contributed by atoms with Gasteiger partial charge in [-0.15, -0.1) is 0 Å². The monoisotopic (exact) mass is 253 g/mol. The van der Waals surface area contributed by atoms with Crippen LogP contribution in [0.5, 0.6) is 0 Å². The first-order chi connectivity index (χ1) is 8.38. The minimum atomic E-state index is -0.979. The third-order valence-corrected chi connectivity index (χ3v) is 2.99. The fraction of sp³-hybridized carbons (Fsp3) is 0.667. The number of hydrogen-bond acceptors (Lipinski definition) is 4. The van der Waals surface area contributed by atoms with Gasteiger partial charge in [-0.2, -0.15) is 0 Å². The van der Waals surface area contributed by atoms with E-state index in [0.717, 1.165) is 0 Å². The summed E-state index contributed by atoms with van der Waals surface area (Å²) in [7, 11) is 0. The number of primary amides is 1. The van der Waals surface area contributed by atoms with Gasteiger partial charge in [0.2, 0.25) is 11.8 Å². The highest BCUT2D eigenvalue weighted by atomic mass is 16.2. The number of hydrogen-bond donors (Lipinski definition) is 2. The van der Waals surface area contributed by atoms with Crippen molar-refractivity contribution in [2.24, 2.45) is 17.4 Å². The first-order valence-corrected chi connectivity index (χ1v) is 5.97. The Labute approximate surface area is 106 Å². The lowest BCUT2D eigenvalue weighted by atomic mass is 10.0. The first-order valence-electron chi connectivity index (χ1n) is 5.97. The summed E-state index contributed by atoms with van der Waals surface area (Å²) in [4.78, 5) is 35.4. The van der Waals surface area contributed by atoms with Crippen molar-refractivity contribution < 1.29 is 14.4 Å². The van der Waals surface area contributed by atoms with E-state index in [9.17, 15) is 14.4 Å². The molecule has 1 heterocycles. The smallest absolute Gasteiger partial charge is 0.245 e. The van der Waals surface area contributed by atoms with Crippen LogP contribution in [-0.2, 0) is 14.4 Å². The van der Waals surface area contributed by atoms with Gasteiger partial charge in [-0.05, 0) is 18.8 Å². The second kappa shape index (κ2) is 5.80. The van der Waals surface area contributed by atoms with E-state index in [2.05, 4.69) is 0 Å². The number of nitrogens with two attached hydrogens (primary N) is 2. The second-order valence-electron chi connectivity index (χ2n) is 4.95. The molecular weight excluding hydrogens is 234 g/mol. The molecular formula is C12H19N3O3. The predicted molar refractivity (Wildman–Crippen MR) is 65.9 cm³/mol. The van der Waals surface area contributed by atoms with Crippen molar-refractivity contribution in [3.63, 3.8) is 0 Å². The highest BCUT2D eigenvalue weighted by Crippen LogP contribution is 2.22. The topological polar surface area (TPSA) is 106 Å². The molecule has 1 aliphatic rings. The maximum atomic E-state index is 12.1. The molecule has 0 aromatic carbocycles. The van der Waals surface area contributed by atoms with E-state index < -0.39 is 18.0 Å². The van der Waals surface area contributed by atoms with Crippen molar-refractivity contribution in [3.8, 4) is 0 Å². The number of carbonyl (C=O) groups is 2. The summed E-state index contributed by atoms with van der Waals surface area (Å²) in [6, 6.07) is -1.65. The third-order valence-electron chi connectivity index (χ3n) is 2.99. The second-order valence-corrected chi connectivity index (χ2v) is 4.95. The largest absolute Gasteiger partial charge is 0.368 e. The van der Waals surface area contributed by atoms with Crippen LogP contribution in [0.1, 0.15) is 26.7 Å². The van der Waals surface area contributed by atoms with Crippen LogP contribution < -0.4 is 11.5 Å². The van der Waals surface area contributed by atoms with E-state index in [1.54, 1.807) is 5.94 Å². The third kappa shape index (κ3) is 2.97. The van der Waals surface area contributed by atoms with Crippen LogP contribution in [0.4, 0.5) is 0 Å². The highest BCUT2D eigenvalue weighted by molar-refractivity contribution is 5.93. The van der Waals surface area contributed by atoms with Crippen LogP contribution in [0.3, 0.4) is 0 Å². The fourth-order valence-corrected chi connectivity index (χ4v) is 2.19. The molecule has 0 aliphatic carbocycles. The number of carbonyl (C=O) groups excluding carboxylic acids is 3. The van der Waals surface area contributed by atoms with Gasteiger partial charge in [0.25, 0.3) is 0 Å². The summed E-state index contributed by atoms with van der Waals surface area (Å²) >= 11 is 0. The van der Waals surface area contributed by atoms with E-state index in [1.165, 1.54) is 4.90 Å². The van der Waals surface area contributed by atoms with E-state index in [4.69, 9.17) is 11.5 Å². The molecule has 1 fully saturated rings. The molecule has 18 heavy (non-hydrogen) atoms. The molecule has 1 saturated heterocycles. The molecule has 0 saturated carbocycles.